The van der Waals surface area contributed by atoms with E-state index in [2.05, 4.69) is 0 Å². The van der Waals surface area contributed by atoms with E-state index in [-0.39, 0.29) is 22.8 Å². The normalized spacial score (nSPS) is 32.0. The Morgan fingerprint density at radius 1 is 0.800 bits per heavy atom. The first-order valence-corrected chi connectivity index (χ1v) is 13.6. The van der Waals surface area contributed by atoms with Crippen LogP contribution in [0.1, 0.15) is 0 Å². The number of phenolic OH excluding ortho intramolecular Hbond substituents is 3. The molecule has 0 bridgehead atoms. The standard InChI is InChI=1S/C28H32O17/c1-40-12-6-11(32)15-19(36)25(23(43-24(15)18(12)35)9-2-4-10(31)5-3-9)44-28-26(21(38)17(34)14(8-30)42-28)45-27-22(39)20(37)16(33)13(7-29)41-27/h2-6,13-14,16-17,20-22,26-35,37-39H,7-8H2,1H3/t13-,14-,16-,17-,20+,21+,22-,26-,27+,28+/m1/s1. The highest BCUT2D eigenvalue weighted by molar-refractivity contribution is 5.93. The van der Waals surface area contributed by atoms with Crippen molar-refractivity contribution in [1.82, 2.24) is 0 Å². The van der Waals surface area contributed by atoms with Gasteiger partial charge in [-0.2, -0.15) is 0 Å². The van der Waals surface area contributed by atoms with Crippen molar-refractivity contribution in [2.24, 2.45) is 0 Å². The van der Waals surface area contributed by atoms with Crippen molar-refractivity contribution in [2.75, 3.05) is 20.3 Å². The minimum Gasteiger partial charge on any atom is -0.508 e. The van der Waals surface area contributed by atoms with E-state index in [1.165, 1.54) is 31.4 Å². The Bertz CT molecular complexity index is 1560. The van der Waals surface area contributed by atoms with Crippen LogP contribution in [-0.4, -0.2) is 133 Å². The Morgan fingerprint density at radius 3 is 2.00 bits per heavy atom. The number of fused-ring (bicyclic) bond motifs is 1. The van der Waals surface area contributed by atoms with Gasteiger partial charge in [0.25, 0.3) is 0 Å². The fourth-order valence-corrected chi connectivity index (χ4v) is 5.11. The zero-order valence-corrected chi connectivity index (χ0v) is 23.4. The topological polar surface area (TPSA) is 279 Å². The van der Waals surface area contributed by atoms with Crippen LogP contribution in [0.3, 0.4) is 0 Å². The molecule has 2 aromatic carbocycles. The van der Waals surface area contributed by atoms with Gasteiger partial charge in [-0.1, -0.05) is 0 Å². The van der Waals surface area contributed by atoms with E-state index in [1.807, 2.05) is 0 Å². The van der Waals surface area contributed by atoms with Crippen LogP contribution >= 0.6 is 0 Å². The molecule has 2 aliphatic rings. The summed E-state index contributed by atoms with van der Waals surface area (Å²) in [6.45, 7) is -1.66. The molecule has 3 aromatic rings. The Balaban J connectivity index is 1.63. The summed E-state index contributed by atoms with van der Waals surface area (Å²) in [5.74, 6) is -2.80. The van der Waals surface area contributed by atoms with Gasteiger partial charge in [-0.05, 0) is 24.3 Å². The summed E-state index contributed by atoms with van der Waals surface area (Å²) in [4.78, 5) is 13.9. The van der Waals surface area contributed by atoms with E-state index < -0.39 is 108 Å². The van der Waals surface area contributed by atoms with Crippen molar-refractivity contribution in [3.63, 3.8) is 0 Å². The van der Waals surface area contributed by atoms with Crippen LogP contribution in [0.15, 0.2) is 39.5 Å². The van der Waals surface area contributed by atoms with Crippen molar-refractivity contribution in [1.29, 1.82) is 0 Å². The number of aliphatic hydroxyl groups excluding tert-OH is 7. The first kappa shape index (κ1) is 32.6. The fraction of sp³-hybridized carbons (Fsp3) is 0.464. The monoisotopic (exact) mass is 640 g/mol. The van der Waals surface area contributed by atoms with Gasteiger partial charge < -0.3 is 79.2 Å². The van der Waals surface area contributed by atoms with E-state index in [1.54, 1.807) is 0 Å². The molecule has 3 heterocycles. The summed E-state index contributed by atoms with van der Waals surface area (Å²) in [6, 6.07) is 6.08. The molecule has 2 saturated heterocycles. The second-order valence-corrected chi connectivity index (χ2v) is 10.4. The number of phenols is 3. The number of ether oxygens (including phenoxy) is 5. The molecule has 0 unspecified atom stereocenters. The average Bonchev–Trinajstić information content (AvgIpc) is 3.03. The molecule has 2 aliphatic heterocycles. The smallest absolute Gasteiger partial charge is 0.239 e. The zero-order valence-electron chi connectivity index (χ0n) is 23.4. The zero-order chi connectivity index (χ0) is 32.7. The van der Waals surface area contributed by atoms with Crippen molar-refractivity contribution in [2.45, 2.75) is 61.4 Å². The molecule has 45 heavy (non-hydrogen) atoms. The van der Waals surface area contributed by atoms with E-state index in [0.717, 1.165) is 6.07 Å². The lowest BCUT2D eigenvalue weighted by Gasteiger charge is -2.45. The maximum absolute atomic E-state index is 13.9. The lowest BCUT2D eigenvalue weighted by molar-refractivity contribution is -0.358. The first-order valence-electron chi connectivity index (χ1n) is 13.6. The molecular weight excluding hydrogens is 608 g/mol. The summed E-state index contributed by atoms with van der Waals surface area (Å²) < 4.78 is 33.4. The van der Waals surface area contributed by atoms with Crippen LogP contribution in [0, 0.1) is 0 Å². The second-order valence-electron chi connectivity index (χ2n) is 10.4. The first-order chi connectivity index (χ1) is 21.4. The van der Waals surface area contributed by atoms with Crippen LogP contribution in [0.25, 0.3) is 22.3 Å². The van der Waals surface area contributed by atoms with Gasteiger partial charge in [0, 0.05) is 11.6 Å². The minimum absolute atomic E-state index is 0.102. The Hall–Kier alpha value is -3.75. The van der Waals surface area contributed by atoms with Gasteiger partial charge >= 0.3 is 0 Å². The molecule has 0 amide bonds. The second kappa shape index (κ2) is 12.9. The number of methoxy groups -OCH3 is 1. The molecule has 17 nitrogen and oxygen atoms in total. The van der Waals surface area contributed by atoms with Gasteiger partial charge in [-0.3, -0.25) is 4.79 Å². The summed E-state index contributed by atoms with van der Waals surface area (Å²) in [5.41, 5.74) is -1.48. The highest BCUT2D eigenvalue weighted by Gasteiger charge is 2.51. The lowest BCUT2D eigenvalue weighted by Crippen LogP contribution is -2.65. The molecule has 5 rings (SSSR count). The van der Waals surface area contributed by atoms with E-state index in [9.17, 15) is 55.9 Å². The van der Waals surface area contributed by atoms with Crippen LogP contribution in [0.4, 0.5) is 0 Å². The molecule has 246 valence electrons. The van der Waals surface area contributed by atoms with Crippen LogP contribution < -0.4 is 14.9 Å². The minimum atomic E-state index is -1.96. The Kier molecular flexibility index (Phi) is 9.38. The molecule has 0 saturated carbocycles. The highest BCUT2D eigenvalue weighted by Crippen LogP contribution is 2.43. The molecule has 10 N–H and O–H groups in total. The van der Waals surface area contributed by atoms with Crippen molar-refractivity contribution in [3.8, 4) is 40.1 Å². The summed E-state index contributed by atoms with van der Waals surface area (Å²) in [7, 11) is 1.20. The van der Waals surface area contributed by atoms with Crippen molar-refractivity contribution >= 4 is 11.0 Å². The third kappa shape index (κ3) is 5.86. The number of aliphatic hydroxyl groups is 7. The number of hydrogen-bond acceptors (Lipinski definition) is 17. The summed E-state index contributed by atoms with van der Waals surface area (Å²) >= 11 is 0. The third-order valence-electron chi connectivity index (χ3n) is 7.59. The van der Waals surface area contributed by atoms with Crippen molar-refractivity contribution in [3.05, 3.63) is 40.6 Å². The third-order valence-corrected chi connectivity index (χ3v) is 7.59. The average molecular weight is 641 g/mol. The number of rotatable bonds is 8. The lowest BCUT2D eigenvalue weighted by atomic mass is 9.97. The largest absolute Gasteiger partial charge is 0.508 e. The molecule has 0 radical (unpaired) electrons. The number of aromatic hydroxyl groups is 3. The Labute approximate surface area is 252 Å². The number of hydrogen-bond donors (Lipinski definition) is 10. The van der Waals surface area contributed by atoms with E-state index >= 15 is 0 Å². The molecule has 2 fully saturated rings. The molecule has 1 aromatic heterocycles. The molecule has 0 aliphatic carbocycles. The summed E-state index contributed by atoms with van der Waals surface area (Å²) in [5, 5.41) is 102. The predicted molar refractivity (Wildman–Crippen MR) is 146 cm³/mol. The van der Waals surface area contributed by atoms with E-state index in [4.69, 9.17) is 28.1 Å². The van der Waals surface area contributed by atoms with Gasteiger partial charge in [0.15, 0.2) is 29.5 Å². The van der Waals surface area contributed by atoms with Gasteiger partial charge in [-0.25, -0.2) is 0 Å². The maximum Gasteiger partial charge on any atom is 0.239 e. The van der Waals surface area contributed by atoms with E-state index in [0.29, 0.717) is 0 Å². The van der Waals surface area contributed by atoms with Gasteiger partial charge in [-0.15, -0.1) is 0 Å². The molecular formula is C28H32O17. The number of benzene rings is 2. The quantitative estimate of drug-likeness (QED) is 0.115. The highest BCUT2D eigenvalue weighted by atomic mass is 16.8. The van der Waals surface area contributed by atoms with Crippen LogP contribution in [0.2, 0.25) is 0 Å². The molecule has 10 atom stereocenters. The predicted octanol–water partition coefficient (Wildman–Crippen LogP) is -2.41. The van der Waals surface area contributed by atoms with Gasteiger partial charge in [0.1, 0.15) is 59.6 Å². The van der Waals surface area contributed by atoms with Crippen LogP contribution in [0.5, 0.6) is 28.7 Å². The maximum atomic E-state index is 13.9. The molecule has 17 heteroatoms. The van der Waals surface area contributed by atoms with Gasteiger partial charge in [0.05, 0.1) is 20.3 Å². The van der Waals surface area contributed by atoms with Crippen LogP contribution in [-0.2, 0) is 14.2 Å². The molecule has 0 spiro atoms. The SMILES string of the molecule is COc1cc(O)c2c(=O)c(O[C@@H]3O[C@H](CO)[C@@H](O)[C@H](O)[C@H]3O[C@@H]3O[C@H](CO)[C@@H](O)[C@H](O)[C@H]3O)c(-c3ccc(O)cc3)oc2c1O. The summed E-state index contributed by atoms with van der Waals surface area (Å²) in [6.07, 6.45) is -17.9. The Morgan fingerprint density at radius 2 is 1.40 bits per heavy atom. The fourth-order valence-electron chi connectivity index (χ4n) is 5.11. The van der Waals surface area contributed by atoms with Crippen molar-refractivity contribution < 1.29 is 79.2 Å². The van der Waals surface area contributed by atoms with Gasteiger partial charge in [0.2, 0.25) is 23.2 Å².